The topological polar surface area (TPSA) is 52.9 Å². The molecule has 0 fully saturated rings. The van der Waals surface area contributed by atoms with Gasteiger partial charge in [-0.25, -0.2) is 0 Å². The Morgan fingerprint density at radius 3 is 1.21 bits per heavy atom. The van der Waals surface area contributed by atoms with Crippen LogP contribution in [0.1, 0.15) is 58.5 Å². The molecule has 0 aliphatic heterocycles. The molecule has 12 aromatic rings. The molecule has 12 rings (SSSR count). The summed E-state index contributed by atoms with van der Waals surface area (Å²) >= 11 is 0. The van der Waals surface area contributed by atoms with Crippen molar-refractivity contribution in [2.45, 2.75) is 39.5 Å². The summed E-state index contributed by atoms with van der Waals surface area (Å²) < 4.78 is 7.04. The van der Waals surface area contributed by atoms with E-state index in [0.717, 1.165) is 60.3 Å². The molecule has 0 bridgehead atoms. The highest BCUT2D eigenvalue weighted by Crippen LogP contribution is 2.34. The van der Waals surface area contributed by atoms with Gasteiger partial charge in [-0.15, -0.1) is 0 Å². The van der Waals surface area contributed by atoms with Gasteiger partial charge in [0.1, 0.15) is 0 Å². The number of fused-ring (bicyclic) bond motifs is 7. The van der Waals surface area contributed by atoms with E-state index in [4.69, 9.17) is 4.99 Å². The van der Waals surface area contributed by atoms with E-state index >= 15 is 0 Å². The third-order valence-electron chi connectivity index (χ3n) is 13.6. The van der Waals surface area contributed by atoms with Crippen molar-refractivity contribution in [1.29, 1.82) is 0 Å². The summed E-state index contributed by atoms with van der Waals surface area (Å²) in [6.45, 7) is 5.08. The van der Waals surface area contributed by atoms with Gasteiger partial charge in [0, 0.05) is 69.1 Å². The Hall–Kier alpha value is -8.35. The zero-order valence-corrected chi connectivity index (χ0v) is 38.3. The molecule has 68 heavy (non-hydrogen) atoms. The first-order valence-corrected chi connectivity index (χ1v) is 23.8. The van der Waals surface area contributed by atoms with Crippen molar-refractivity contribution < 1.29 is 0 Å². The van der Waals surface area contributed by atoms with Gasteiger partial charge in [-0.05, 0) is 138 Å². The van der Waals surface area contributed by atoms with E-state index in [1.165, 1.54) is 88.1 Å². The highest BCUT2D eigenvalue weighted by atomic mass is 15.0. The molecular weight excluding hydrogens is 829 g/mol. The average Bonchev–Trinajstić information content (AvgIpc) is 4.02. The highest BCUT2D eigenvalue weighted by molar-refractivity contribution is 6.10. The minimum absolute atomic E-state index is 0.752. The van der Waals surface area contributed by atoms with Gasteiger partial charge in [0.2, 0.25) is 0 Å². The summed E-state index contributed by atoms with van der Waals surface area (Å²) in [7, 11) is 0. The van der Waals surface area contributed by atoms with Crippen molar-refractivity contribution in [2.24, 2.45) is 4.99 Å². The standard InChI is InChI=1S/C62H50N6/c1-3-51-52-11-5-8-14-57(52)66(60(51)39-63-4-2)48-23-17-42(18-24-48)33-45-36-46(34-43-19-25-49(26-20-43)67-58-15-9-6-12-53(58)55-29-31-64-40-61(55)67)38-47(37-45)35-44-21-27-50(28-22-44)68-59-16-10-7-13-54(59)56-30-32-65-41-62(56)68/h5-32,36-41H,3-4,33-35H2,1-2H3. The molecular formula is C62H50N6. The van der Waals surface area contributed by atoms with Gasteiger partial charge in [-0.2, -0.15) is 0 Å². The van der Waals surface area contributed by atoms with E-state index in [0.29, 0.717) is 0 Å². The SMILES string of the molecule is CCN=Cc1c(CC)c2ccccc2n1-c1ccc(Cc2cc(Cc3ccc(-n4c5ccccc5c5ccncc54)cc3)cc(Cc3ccc(-n4c5ccccc5c5ccncc54)cc3)c2)cc1. The third kappa shape index (κ3) is 7.35. The lowest BCUT2D eigenvalue weighted by molar-refractivity contribution is 1.05. The smallest absolute Gasteiger partial charge is 0.0724 e. The summed E-state index contributed by atoms with van der Waals surface area (Å²) in [5.41, 5.74) is 19.5. The van der Waals surface area contributed by atoms with Gasteiger partial charge in [-0.1, -0.05) is 116 Å². The molecule has 0 saturated carbocycles. The molecule has 0 saturated heterocycles. The third-order valence-corrected chi connectivity index (χ3v) is 13.6. The number of pyridine rings is 2. The van der Waals surface area contributed by atoms with E-state index < -0.39 is 0 Å². The van der Waals surface area contributed by atoms with Gasteiger partial charge in [0.15, 0.2) is 0 Å². The number of aromatic nitrogens is 5. The van der Waals surface area contributed by atoms with Crippen molar-refractivity contribution in [2.75, 3.05) is 6.54 Å². The molecule has 7 aromatic carbocycles. The van der Waals surface area contributed by atoms with Gasteiger partial charge in [0.25, 0.3) is 0 Å². The summed E-state index contributed by atoms with van der Waals surface area (Å²) in [6, 6.07) is 64.8. The van der Waals surface area contributed by atoms with Crippen LogP contribution >= 0.6 is 0 Å². The molecule has 0 spiro atoms. The molecule has 0 radical (unpaired) electrons. The molecule has 6 heteroatoms. The Bertz CT molecular complexity index is 3540. The van der Waals surface area contributed by atoms with Gasteiger partial charge in [-0.3, -0.25) is 15.0 Å². The van der Waals surface area contributed by atoms with Crippen LogP contribution in [0.5, 0.6) is 0 Å². The molecule has 6 nitrogen and oxygen atoms in total. The van der Waals surface area contributed by atoms with Gasteiger partial charge >= 0.3 is 0 Å². The van der Waals surface area contributed by atoms with Crippen molar-refractivity contribution in [3.8, 4) is 17.1 Å². The van der Waals surface area contributed by atoms with Crippen LogP contribution in [-0.2, 0) is 25.7 Å². The maximum Gasteiger partial charge on any atom is 0.0724 e. The normalized spacial score (nSPS) is 11.9. The van der Waals surface area contributed by atoms with E-state index in [1.54, 1.807) is 0 Å². The first kappa shape index (κ1) is 41.1. The predicted molar refractivity (Wildman–Crippen MR) is 283 cm³/mol. The zero-order chi connectivity index (χ0) is 45.6. The second-order valence-corrected chi connectivity index (χ2v) is 17.9. The van der Waals surface area contributed by atoms with Gasteiger partial charge < -0.3 is 13.7 Å². The van der Waals surface area contributed by atoms with Crippen molar-refractivity contribution >= 4 is 60.7 Å². The fourth-order valence-corrected chi connectivity index (χ4v) is 10.6. The Morgan fingerprint density at radius 2 is 0.779 bits per heavy atom. The first-order chi connectivity index (χ1) is 33.6. The molecule has 5 heterocycles. The first-order valence-electron chi connectivity index (χ1n) is 23.8. The van der Waals surface area contributed by atoms with E-state index in [9.17, 15) is 0 Å². The Balaban J connectivity index is 0.876. The summed E-state index contributed by atoms with van der Waals surface area (Å²) in [5.74, 6) is 0. The van der Waals surface area contributed by atoms with Crippen LogP contribution in [-0.4, -0.2) is 36.4 Å². The van der Waals surface area contributed by atoms with Crippen molar-refractivity contribution in [3.05, 3.63) is 245 Å². The highest BCUT2D eigenvalue weighted by Gasteiger charge is 2.17. The predicted octanol–water partition coefficient (Wildman–Crippen LogP) is 14.4. The zero-order valence-electron chi connectivity index (χ0n) is 38.3. The van der Waals surface area contributed by atoms with Crippen LogP contribution in [0.2, 0.25) is 0 Å². The fourth-order valence-electron chi connectivity index (χ4n) is 10.6. The quantitative estimate of drug-likeness (QED) is 0.115. The number of nitrogens with zero attached hydrogens (tertiary/aromatic N) is 6. The lowest BCUT2D eigenvalue weighted by Gasteiger charge is -2.14. The van der Waals surface area contributed by atoms with E-state index in [1.807, 2.05) is 24.8 Å². The lowest BCUT2D eigenvalue weighted by atomic mass is 9.94. The largest absolute Gasteiger partial charge is 0.308 e. The van der Waals surface area contributed by atoms with Crippen molar-refractivity contribution in [1.82, 2.24) is 23.7 Å². The van der Waals surface area contributed by atoms with Crippen molar-refractivity contribution in [3.63, 3.8) is 0 Å². The monoisotopic (exact) mass is 878 g/mol. The molecule has 0 N–H and O–H groups in total. The molecule has 328 valence electrons. The lowest BCUT2D eigenvalue weighted by Crippen LogP contribution is -2.02. The van der Waals surface area contributed by atoms with Crippen LogP contribution < -0.4 is 0 Å². The Morgan fingerprint density at radius 1 is 0.397 bits per heavy atom. The van der Waals surface area contributed by atoms with Crippen LogP contribution in [0.4, 0.5) is 0 Å². The van der Waals surface area contributed by atoms with Crippen LogP contribution in [0.25, 0.3) is 71.6 Å². The number of benzene rings is 7. The fraction of sp³-hybridized carbons (Fsp3) is 0.113. The summed E-state index contributed by atoms with van der Waals surface area (Å²) in [6.07, 6.45) is 13.2. The van der Waals surface area contributed by atoms with Crippen LogP contribution in [0.3, 0.4) is 0 Å². The number of rotatable bonds is 12. The van der Waals surface area contributed by atoms with Crippen LogP contribution in [0.15, 0.2) is 206 Å². The molecule has 5 aromatic heterocycles. The number of para-hydroxylation sites is 3. The minimum atomic E-state index is 0.752. The minimum Gasteiger partial charge on any atom is -0.308 e. The summed E-state index contributed by atoms with van der Waals surface area (Å²) in [4.78, 5) is 13.7. The molecule has 0 atom stereocenters. The average molecular weight is 879 g/mol. The number of hydrogen-bond acceptors (Lipinski definition) is 3. The molecule has 0 aliphatic carbocycles. The number of aliphatic imine (C=N–C) groups is 1. The Labute approximate surface area is 396 Å². The maximum absolute atomic E-state index is 4.70. The van der Waals surface area contributed by atoms with Gasteiger partial charge in [0.05, 0.1) is 45.7 Å². The number of hydrogen-bond donors (Lipinski definition) is 0. The van der Waals surface area contributed by atoms with E-state index in [2.05, 4.69) is 220 Å². The van der Waals surface area contributed by atoms with E-state index in [-0.39, 0.29) is 0 Å². The second-order valence-electron chi connectivity index (χ2n) is 17.9. The molecule has 0 amide bonds. The maximum atomic E-state index is 4.70. The molecule has 0 aliphatic rings. The number of aryl methyl sites for hydroxylation is 1. The summed E-state index contributed by atoms with van der Waals surface area (Å²) in [5, 5.41) is 6.20. The Kier molecular flexibility index (Phi) is 10.6. The second kappa shape index (κ2) is 17.5. The molecule has 0 unspecified atom stereocenters. The van der Waals surface area contributed by atoms with Crippen LogP contribution in [0, 0.1) is 0 Å².